The number of benzene rings is 3. The highest BCUT2D eigenvalue weighted by atomic mass is 16.3. The number of hydrogen-bond donors (Lipinski definition) is 1. The zero-order valence-corrected chi connectivity index (χ0v) is 14.3. The number of nitrogens with zero attached hydrogens (tertiary/aromatic N) is 1. The van der Waals surface area contributed by atoms with Crippen molar-refractivity contribution in [2.75, 3.05) is 0 Å². The largest absolute Gasteiger partial charge is 0.384 e. The number of pyridine rings is 1. The summed E-state index contributed by atoms with van der Waals surface area (Å²) in [6.07, 6.45) is 3.40. The van der Waals surface area contributed by atoms with Gasteiger partial charge >= 0.3 is 0 Å². The zero-order chi connectivity index (χ0) is 17.8. The van der Waals surface area contributed by atoms with Crippen LogP contribution in [-0.4, -0.2) is 10.1 Å². The van der Waals surface area contributed by atoms with Crippen LogP contribution >= 0.6 is 0 Å². The van der Waals surface area contributed by atoms with Crippen molar-refractivity contribution in [1.29, 1.82) is 0 Å². The summed E-state index contributed by atoms with van der Waals surface area (Å²) < 4.78 is 0. The van der Waals surface area contributed by atoms with Crippen LogP contribution in [0.15, 0.2) is 91.0 Å². The van der Waals surface area contributed by atoms with Crippen molar-refractivity contribution in [3.63, 3.8) is 0 Å². The molecule has 0 saturated carbocycles. The molecule has 0 bridgehead atoms. The number of fused-ring (bicyclic) bond motifs is 1. The Morgan fingerprint density at radius 3 is 2.35 bits per heavy atom. The minimum atomic E-state index is -0.622. The van der Waals surface area contributed by atoms with Gasteiger partial charge < -0.3 is 5.11 Å². The van der Waals surface area contributed by atoms with E-state index in [-0.39, 0.29) is 0 Å². The first-order valence-corrected chi connectivity index (χ1v) is 8.66. The average Bonchev–Trinajstić information content (AvgIpc) is 2.72. The Bertz CT molecular complexity index is 1050. The fraction of sp³-hybridized carbons (Fsp3) is 0.0417. The van der Waals surface area contributed by atoms with Crippen LogP contribution in [0, 0.1) is 0 Å². The first-order chi connectivity index (χ1) is 12.8. The lowest BCUT2D eigenvalue weighted by atomic mass is 9.99. The van der Waals surface area contributed by atoms with Gasteiger partial charge in [-0.1, -0.05) is 78.9 Å². The smallest absolute Gasteiger partial charge is 0.104 e. The van der Waals surface area contributed by atoms with Gasteiger partial charge in [0.05, 0.1) is 11.2 Å². The number of rotatable bonds is 4. The minimum absolute atomic E-state index is 0.622. The fourth-order valence-electron chi connectivity index (χ4n) is 3.02. The summed E-state index contributed by atoms with van der Waals surface area (Å²) in [7, 11) is 0. The van der Waals surface area contributed by atoms with E-state index < -0.39 is 6.10 Å². The van der Waals surface area contributed by atoms with E-state index in [1.54, 1.807) is 0 Å². The van der Waals surface area contributed by atoms with Crippen LogP contribution in [0.2, 0.25) is 0 Å². The molecule has 0 aliphatic heterocycles. The second-order valence-electron chi connectivity index (χ2n) is 6.25. The molecule has 126 valence electrons. The van der Waals surface area contributed by atoms with Gasteiger partial charge in [0.25, 0.3) is 0 Å². The van der Waals surface area contributed by atoms with Gasteiger partial charge in [-0.25, -0.2) is 4.98 Å². The summed E-state index contributed by atoms with van der Waals surface area (Å²) in [6.45, 7) is 0. The van der Waals surface area contributed by atoms with Crippen LogP contribution < -0.4 is 0 Å². The molecule has 0 spiro atoms. The van der Waals surface area contributed by atoms with E-state index in [1.807, 2.05) is 91.0 Å². The number of aliphatic hydroxyl groups excluding tert-OH is 1. The molecule has 1 heterocycles. The lowest BCUT2D eigenvalue weighted by Gasteiger charge is -2.12. The van der Waals surface area contributed by atoms with E-state index in [0.29, 0.717) is 0 Å². The Balaban J connectivity index is 1.59. The Morgan fingerprint density at radius 2 is 1.46 bits per heavy atom. The maximum atomic E-state index is 10.6. The van der Waals surface area contributed by atoms with Gasteiger partial charge in [0.1, 0.15) is 6.10 Å². The SMILES string of the molecule is OC(c1ccccc1)c1cccc(/C=C/c2ccc3ccccc3n2)c1. The third-order valence-electron chi connectivity index (χ3n) is 4.41. The predicted octanol–water partition coefficient (Wildman–Crippen LogP) is 5.49. The van der Waals surface area contributed by atoms with Crippen molar-refractivity contribution in [2.24, 2.45) is 0 Å². The number of aromatic nitrogens is 1. The van der Waals surface area contributed by atoms with Gasteiger partial charge in [-0.05, 0) is 41.0 Å². The van der Waals surface area contributed by atoms with Crippen molar-refractivity contribution in [3.8, 4) is 0 Å². The molecule has 0 radical (unpaired) electrons. The van der Waals surface area contributed by atoms with E-state index in [2.05, 4.69) is 17.1 Å². The van der Waals surface area contributed by atoms with E-state index in [9.17, 15) is 5.11 Å². The normalized spacial score (nSPS) is 12.5. The van der Waals surface area contributed by atoms with Crippen LogP contribution in [0.1, 0.15) is 28.5 Å². The highest BCUT2D eigenvalue weighted by molar-refractivity contribution is 5.80. The van der Waals surface area contributed by atoms with E-state index in [4.69, 9.17) is 0 Å². The standard InChI is InChI=1S/C24H19NO/c26-24(20-9-2-1-3-10-20)21-11-6-7-18(17-21)13-15-22-16-14-19-8-4-5-12-23(19)25-22/h1-17,24,26H/b15-13+. The Labute approximate surface area is 153 Å². The molecule has 0 saturated heterocycles. The lowest BCUT2D eigenvalue weighted by Crippen LogP contribution is -1.99. The highest BCUT2D eigenvalue weighted by Gasteiger charge is 2.09. The second kappa shape index (κ2) is 7.34. The first-order valence-electron chi connectivity index (χ1n) is 8.66. The Morgan fingerprint density at radius 1 is 0.692 bits per heavy atom. The van der Waals surface area contributed by atoms with E-state index >= 15 is 0 Å². The molecule has 26 heavy (non-hydrogen) atoms. The minimum Gasteiger partial charge on any atom is -0.384 e. The molecule has 1 aromatic heterocycles. The quantitative estimate of drug-likeness (QED) is 0.534. The van der Waals surface area contributed by atoms with Crippen molar-refractivity contribution in [2.45, 2.75) is 6.10 Å². The zero-order valence-electron chi connectivity index (χ0n) is 14.3. The monoisotopic (exact) mass is 337 g/mol. The molecule has 4 rings (SSSR count). The summed E-state index contributed by atoms with van der Waals surface area (Å²) in [5.74, 6) is 0. The highest BCUT2D eigenvalue weighted by Crippen LogP contribution is 2.23. The van der Waals surface area contributed by atoms with Crippen LogP contribution in [0.5, 0.6) is 0 Å². The Hall–Kier alpha value is -3.23. The lowest BCUT2D eigenvalue weighted by molar-refractivity contribution is 0.220. The molecule has 1 N–H and O–H groups in total. The molecule has 0 aliphatic rings. The van der Waals surface area contributed by atoms with E-state index in [0.717, 1.165) is 33.3 Å². The third-order valence-corrected chi connectivity index (χ3v) is 4.41. The average molecular weight is 337 g/mol. The molecular weight excluding hydrogens is 318 g/mol. The van der Waals surface area contributed by atoms with Gasteiger partial charge in [-0.2, -0.15) is 0 Å². The Kier molecular flexibility index (Phi) is 4.59. The molecule has 2 nitrogen and oxygen atoms in total. The van der Waals surface area contributed by atoms with Crippen LogP contribution in [0.4, 0.5) is 0 Å². The van der Waals surface area contributed by atoms with E-state index in [1.165, 1.54) is 0 Å². The number of aliphatic hydroxyl groups is 1. The molecule has 1 atom stereocenters. The maximum Gasteiger partial charge on any atom is 0.104 e. The molecule has 1 unspecified atom stereocenters. The molecule has 0 fully saturated rings. The van der Waals surface area contributed by atoms with Crippen LogP contribution in [0.3, 0.4) is 0 Å². The topological polar surface area (TPSA) is 33.1 Å². The summed E-state index contributed by atoms with van der Waals surface area (Å²) >= 11 is 0. The molecular formula is C24H19NO. The summed E-state index contributed by atoms with van der Waals surface area (Å²) in [6, 6.07) is 29.8. The fourth-order valence-corrected chi connectivity index (χ4v) is 3.02. The molecule has 0 amide bonds. The first kappa shape index (κ1) is 16.2. The molecule has 3 aromatic carbocycles. The van der Waals surface area contributed by atoms with Gasteiger partial charge in [0.15, 0.2) is 0 Å². The second-order valence-corrected chi connectivity index (χ2v) is 6.25. The van der Waals surface area contributed by atoms with Crippen molar-refractivity contribution in [1.82, 2.24) is 4.98 Å². The van der Waals surface area contributed by atoms with Crippen molar-refractivity contribution in [3.05, 3.63) is 113 Å². The number of para-hydroxylation sites is 1. The van der Waals surface area contributed by atoms with Crippen LogP contribution in [-0.2, 0) is 0 Å². The molecule has 0 aliphatic carbocycles. The number of hydrogen-bond acceptors (Lipinski definition) is 2. The van der Waals surface area contributed by atoms with Crippen molar-refractivity contribution >= 4 is 23.1 Å². The maximum absolute atomic E-state index is 10.6. The molecule has 4 aromatic rings. The van der Waals surface area contributed by atoms with Gasteiger partial charge in [-0.15, -0.1) is 0 Å². The van der Waals surface area contributed by atoms with Crippen molar-refractivity contribution < 1.29 is 5.11 Å². The van der Waals surface area contributed by atoms with Crippen LogP contribution in [0.25, 0.3) is 23.1 Å². The third kappa shape index (κ3) is 3.56. The van der Waals surface area contributed by atoms with Gasteiger partial charge in [-0.3, -0.25) is 0 Å². The predicted molar refractivity (Wildman–Crippen MR) is 108 cm³/mol. The summed E-state index contributed by atoms with van der Waals surface area (Å²) in [5, 5.41) is 11.7. The summed E-state index contributed by atoms with van der Waals surface area (Å²) in [4.78, 5) is 4.66. The van der Waals surface area contributed by atoms with Gasteiger partial charge in [0, 0.05) is 5.39 Å². The summed E-state index contributed by atoms with van der Waals surface area (Å²) in [5.41, 5.74) is 4.71. The molecule has 2 heteroatoms. The van der Waals surface area contributed by atoms with Gasteiger partial charge in [0.2, 0.25) is 0 Å².